The van der Waals surface area contributed by atoms with Crippen molar-refractivity contribution in [2.75, 3.05) is 6.54 Å². The van der Waals surface area contributed by atoms with Crippen LogP contribution in [0.5, 0.6) is 0 Å². The molecule has 0 bridgehead atoms. The van der Waals surface area contributed by atoms with Crippen LogP contribution >= 0.6 is 11.3 Å². The molecule has 5 nitrogen and oxygen atoms in total. The number of fused-ring (bicyclic) bond motifs is 1. The minimum Gasteiger partial charge on any atom is -0.305 e. The lowest BCUT2D eigenvalue weighted by Gasteiger charge is -2.22. The van der Waals surface area contributed by atoms with Crippen molar-refractivity contribution >= 4 is 16.9 Å². The predicted octanol–water partition coefficient (Wildman–Crippen LogP) is 4.62. The molecule has 0 spiro atoms. The number of hydrogen-bond acceptors (Lipinski definition) is 4. The number of aryl methyl sites for hydroxylation is 1. The van der Waals surface area contributed by atoms with Crippen LogP contribution in [0, 0.1) is 0 Å². The minimum absolute atomic E-state index is 0.382. The van der Waals surface area contributed by atoms with E-state index in [1.54, 1.807) is 11.3 Å². The molecule has 0 radical (unpaired) electrons. The van der Waals surface area contributed by atoms with Gasteiger partial charge in [0.1, 0.15) is 0 Å². The summed E-state index contributed by atoms with van der Waals surface area (Å²) in [6.45, 7) is 5.10. The van der Waals surface area contributed by atoms with Gasteiger partial charge in [-0.05, 0) is 49.9 Å². The highest BCUT2D eigenvalue weighted by molar-refractivity contribution is 7.13. The molecule has 5 rings (SSSR count). The summed E-state index contributed by atoms with van der Waals surface area (Å²) in [5.74, 6) is 0. The van der Waals surface area contributed by atoms with Gasteiger partial charge in [-0.25, -0.2) is 4.98 Å². The summed E-state index contributed by atoms with van der Waals surface area (Å²) < 4.78 is 4.18. The zero-order valence-electron chi connectivity index (χ0n) is 15.5. The van der Waals surface area contributed by atoms with Crippen LogP contribution in [-0.2, 0) is 13.1 Å². The highest BCUT2D eigenvalue weighted by Crippen LogP contribution is 2.35. The van der Waals surface area contributed by atoms with Gasteiger partial charge in [-0.3, -0.25) is 9.58 Å². The minimum atomic E-state index is 0.382. The fraction of sp³-hybridized carbons (Fsp3) is 0.333. The largest absolute Gasteiger partial charge is 0.305 e. The zero-order chi connectivity index (χ0) is 18.2. The van der Waals surface area contributed by atoms with E-state index >= 15 is 0 Å². The summed E-state index contributed by atoms with van der Waals surface area (Å²) in [5.41, 5.74) is 4.95. The van der Waals surface area contributed by atoms with Gasteiger partial charge in [0.05, 0.1) is 29.8 Å². The smallest absolute Gasteiger partial charge is 0.0996 e. The van der Waals surface area contributed by atoms with Gasteiger partial charge >= 0.3 is 0 Å². The molecule has 6 heteroatoms. The Morgan fingerprint density at radius 3 is 3.00 bits per heavy atom. The molecule has 0 aromatic carbocycles. The number of imidazole rings is 1. The van der Waals surface area contributed by atoms with Gasteiger partial charge in [0.15, 0.2) is 0 Å². The molecule has 1 aliphatic rings. The fourth-order valence-electron chi connectivity index (χ4n) is 4.09. The third kappa shape index (κ3) is 3.09. The molecular formula is C21H23N5S. The summed E-state index contributed by atoms with van der Waals surface area (Å²) in [4.78, 5) is 8.66. The molecule has 1 saturated heterocycles. The van der Waals surface area contributed by atoms with Gasteiger partial charge in [-0.15, -0.1) is 11.3 Å². The molecule has 1 aliphatic heterocycles. The van der Waals surface area contributed by atoms with Crippen LogP contribution in [0.1, 0.15) is 37.1 Å². The second kappa shape index (κ2) is 6.94. The molecule has 1 atom stereocenters. The van der Waals surface area contributed by atoms with E-state index in [1.807, 2.05) is 17.2 Å². The van der Waals surface area contributed by atoms with Gasteiger partial charge in [0, 0.05) is 41.5 Å². The van der Waals surface area contributed by atoms with Crippen LogP contribution in [0.2, 0.25) is 0 Å². The number of aromatic nitrogens is 4. The Hall–Kier alpha value is -2.44. The third-order valence-electron chi connectivity index (χ3n) is 5.44. The van der Waals surface area contributed by atoms with Crippen LogP contribution < -0.4 is 0 Å². The molecule has 27 heavy (non-hydrogen) atoms. The van der Waals surface area contributed by atoms with Gasteiger partial charge in [0.25, 0.3) is 0 Å². The van der Waals surface area contributed by atoms with Crippen molar-refractivity contribution in [1.82, 2.24) is 24.1 Å². The normalized spacial score (nSPS) is 17.9. The first-order valence-corrected chi connectivity index (χ1v) is 10.5. The van der Waals surface area contributed by atoms with Gasteiger partial charge in [0.2, 0.25) is 0 Å². The highest BCUT2D eigenvalue weighted by atomic mass is 32.1. The van der Waals surface area contributed by atoms with Crippen LogP contribution in [-0.4, -0.2) is 30.6 Å². The first-order chi connectivity index (χ1) is 13.3. The van der Waals surface area contributed by atoms with Crippen LogP contribution in [0.3, 0.4) is 0 Å². The number of thiophene rings is 1. The van der Waals surface area contributed by atoms with E-state index in [0.29, 0.717) is 6.04 Å². The Kier molecular flexibility index (Phi) is 4.30. The molecule has 1 fully saturated rings. The topological polar surface area (TPSA) is 38.4 Å². The lowest BCUT2D eigenvalue weighted by molar-refractivity contribution is 0.246. The molecular weight excluding hydrogens is 354 g/mol. The van der Waals surface area contributed by atoms with Crippen molar-refractivity contribution in [3.8, 4) is 10.4 Å². The van der Waals surface area contributed by atoms with Crippen LogP contribution in [0.25, 0.3) is 16.0 Å². The lowest BCUT2D eigenvalue weighted by Crippen LogP contribution is -2.23. The zero-order valence-corrected chi connectivity index (χ0v) is 16.3. The molecule has 0 N–H and O–H groups in total. The summed E-state index contributed by atoms with van der Waals surface area (Å²) in [6.07, 6.45) is 10.7. The monoisotopic (exact) mass is 377 g/mol. The molecule has 1 unspecified atom stereocenters. The Morgan fingerprint density at radius 2 is 2.19 bits per heavy atom. The maximum Gasteiger partial charge on any atom is 0.0996 e. The third-order valence-corrected chi connectivity index (χ3v) is 6.36. The van der Waals surface area contributed by atoms with Crippen LogP contribution in [0.15, 0.2) is 54.6 Å². The summed E-state index contributed by atoms with van der Waals surface area (Å²) in [7, 11) is 0. The van der Waals surface area contributed by atoms with E-state index in [4.69, 9.17) is 4.98 Å². The molecule has 0 amide bonds. The van der Waals surface area contributed by atoms with E-state index in [-0.39, 0.29) is 0 Å². The van der Waals surface area contributed by atoms with Crippen molar-refractivity contribution in [2.45, 2.75) is 38.9 Å². The second-order valence-corrected chi connectivity index (χ2v) is 8.10. The summed E-state index contributed by atoms with van der Waals surface area (Å²) in [5, 5.41) is 6.54. The molecule has 4 aromatic rings. The number of likely N-dealkylation sites (tertiary alicyclic amines) is 1. The number of pyridine rings is 1. The van der Waals surface area contributed by atoms with E-state index < -0.39 is 0 Å². The number of nitrogens with zero attached hydrogens (tertiary/aromatic N) is 5. The van der Waals surface area contributed by atoms with Crippen molar-refractivity contribution in [3.63, 3.8) is 0 Å². The Morgan fingerprint density at radius 1 is 1.22 bits per heavy atom. The van der Waals surface area contributed by atoms with Crippen molar-refractivity contribution in [3.05, 3.63) is 65.8 Å². The fourth-order valence-corrected chi connectivity index (χ4v) is 4.80. The van der Waals surface area contributed by atoms with E-state index in [1.165, 1.54) is 40.1 Å². The summed E-state index contributed by atoms with van der Waals surface area (Å²) in [6, 6.07) is 9.09. The van der Waals surface area contributed by atoms with Crippen molar-refractivity contribution < 1.29 is 0 Å². The molecule has 0 saturated carbocycles. The second-order valence-electron chi connectivity index (χ2n) is 7.15. The average molecular weight is 378 g/mol. The molecule has 4 aromatic heterocycles. The highest BCUT2D eigenvalue weighted by Gasteiger charge is 2.29. The molecule has 138 valence electrons. The SMILES string of the molecule is CCn1cc(CN2CCCC2c2ncn3cc(-c4cccs4)ccc23)cn1. The Bertz CT molecular complexity index is 1050. The van der Waals surface area contributed by atoms with E-state index in [0.717, 1.165) is 19.6 Å². The molecule has 5 heterocycles. The average Bonchev–Trinajstić information content (AvgIpc) is 3.47. The van der Waals surface area contributed by atoms with E-state index in [9.17, 15) is 0 Å². The Labute approximate surface area is 162 Å². The van der Waals surface area contributed by atoms with Gasteiger partial charge < -0.3 is 4.40 Å². The van der Waals surface area contributed by atoms with Crippen molar-refractivity contribution in [1.29, 1.82) is 0 Å². The van der Waals surface area contributed by atoms with Gasteiger partial charge in [-0.2, -0.15) is 5.10 Å². The first kappa shape index (κ1) is 16.7. The van der Waals surface area contributed by atoms with Crippen LogP contribution in [0.4, 0.5) is 0 Å². The van der Waals surface area contributed by atoms with E-state index in [2.05, 4.69) is 63.4 Å². The predicted molar refractivity (Wildman–Crippen MR) is 109 cm³/mol. The van der Waals surface area contributed by atoms with Gasteiger partial charge in [-0.1, -0.05) is 6.07 Å². The first-order valence-electron chi connectivity index (χ1n) is 9.57. The number of hydrogen-bond donors (Lipinski definition) is 0. The standard InChI is InChI=1S/C21H23N5S/c1-2-26-13-16(11-23-26)12-24-9-3-5-18(24)21-19-8-7-17(14-25(19)15-22-21)20-6-4-10-27-20/h4,6-8,10-11,13-15,18H,2-3,5,9,12H2,1H3. The van der Waals surface area contributed by atoms with Crippen molar-refractivity contribution in [2.24, 2.45) is 0 Å². The molecule has 0 aliphatic carbocycles. The quantitative estimate of drug-likeness (QED) is 0.509. The lowest BCUT2D eigenvalue weighted by atomic mass is 10.1. The summed E-state index contributed by atoms with van der Waals surface area (Å²) >= 11 is 1.77. The Balaban J connectivity index is 1.43. The number of rotatable bonds is 5. The maximum absolute atomic E-state index is 4.82. The maximum atomic E-state index is 4.82.